The number of nitrogens with two attached hydrogens (primary N) is 1. The van der Waals surface area contributed by atoms with E-state index >= 15 is 0 Å². The van der Waals surface area contributed by atoms with E-state index in [9.17, 15) is 0 Å². The van der Waals surface area contributed by atoms with Gasteiger partial charge in [0.15, 0.2) is 0 Å². The van der Waals surface area contributed by atoms with Crippen molar-refractivity contribution in [1.82, 2.24) is 14.8 Å². The molecule has 0 saturated carbocycles. The van der Waals surface area contributed by atoms with Gasteiger partial charge >= 0.3 is 0 Å². The van der Waals surface area contributed by atoms with E-state index in [-0.39, 0.29) is 0 Å². The van der Waals surface area contributed by atoms with Gasteiger partial charge in [0.1, 0.15) is 11.6 Å². The van der Waals surface area contributed by atoms with Gasteiger partial charge in [0.05, 0.1) is 4.99 Å². The van der Waals surface area contributed by atoms with Crippen LogP contribution in [0.2, 0.25) is 0 Å². The average molecular weight is 212 g/mol. The van der Waals surface area contributed by atoms with Gasteiger partial charge < -0.3 is 5.73 Å². The monoisotopic (exact) mass is 212 g/mol. The van der Waals surface area contributed by atoms with Gasteiger partial charge in [-0.1, -0.05) is 12.2 Å². The van der Waals surface area contributed by atoms with Crippen molar-refractivity contribution in [1.29, 1.82) is 0 Å². The molecular weight excluding hydrogens is 196 g/mol. The van der Waals surface area contributed by atoms with Gasteiger partial charge in [-0.2, -0.15) is 5.10 Å². The van der Waals surface area contributed by atoms with Crippen LogP contribution in [-0.2, 0) is 6.54 Å². The first-order chi connectivity index (χ1) is 6.59. The normalized spacial score (nSPS) is 10.4. The first-order valence-corrected chi connectivity index (χ1v) is 5.17. The molecule has 0 unspecified atom stereocenters. The van der Waals surface area contributed by atoms with Crippen LogP contribution < -0.4 is 5.73 Å². The molecule has 1 rings (SSSR count). The van der Waals surface area contributed by atoms with Crippen LogP contribution in [0, 0.1) is 13.8 Å². The molecule has 0 radical (unpaired) electrons. The summed E-state index contributed by atoms with van der Waals surface area (Å²) in [7, 11) is 0. The van der Waals surface area contributed by atoms with Gasteiger partial charge in [-0.05, 0) is 33.1 Å². The van der Waals surface area contributed by atoms with Gasteiger partial charge in [0.25, 0.3) is 0 Å². The lowest BCUT2D eigenvalue weighted by Crippen LogP contribution is -2.08. The summed E-state index contributed by atoms with van der Waals surface area (Å²) in [5.41, 5.74) is 5.40. The zero-order chi connectivity index (χ0) is 10.6. The highest BCUT2D eigenvalue weighted by atomic mass is 32.1. The molecular formula is C9H16N4S. The highest BCUT2D eigenvalue weighted by molar-refractivity contribution is 7.80. The summed E-state index contributed by atoms with van der Waals surface area (Å²) in [4.78, 5) is 4.82. The zero-order valence-corrected chi connectivity index (χ0v) is 9.47. The Hall–Kier alpha value is -0.970. The molecule has 2 N–H and O–H groups in total. The second-order valence-corrected chi connectivity index (χ2v) is 3.88. The van der Waals surface area contributed by atoms with Gasteiger partial charge in [-0.15, -0.1) is 0 Å². The molecule has 1 heterocycles. The molecule has 0 aliphatic heterocycles. The Morgan fingerprint density at radius 2 is 2.14 bits per heavy atom. The van der Waals surface area contributed by atoms with Crippen molar-refractivity contribution in [3.05, 3.63) is 11.6 Å². The molecule has 0 aliphatic carbocycles. The van der Waals surface area contributed by atoms with E-state index in [2.05, 4.69) is 10.1 Å². The predicted octanol–water partition coefficient (Wildman–Crippen LogP) is 1.35. The molecule has 0 bridgehead atoms. The van der Waals surface area contributed by atoms with E-state index in [0.717, 1.165) is 37.5 Å². The van der Waals surface area contributed by atoms with Gasteiger partial charge in [-0.25, -0.2) is 4.98 Å². The molecule has 0 aliphatic rings. The summed E-state index contributed by atoms with van der Waals surface area (Å²) in [6.45, 7) is 4.77. The lowest BCUT2D eigenvalue weighted by atomic mass is 10.2. The lowest BCUT2D eigenvalue weighted by Gasteiger charge is -2.02. The third kappa shape index (κ3) is 3.41. The second-order valence-electron chi connectivity index (χ2n) is 3.35. The molecule has 0 aromatic carbocycles. The zero-order valence-electron chi connectivity index (χ0n) is 8.66. The molecule has 5 heteroatoms. The number of thiocarbonyl (C=S) groups is 1. The second kappa shape index (κ2) is 5.05. The maximum Gasteiger partial charge on any atom is 0.147 e. The highest BCUT2D eigenvalue weighted by Gasteiger charge is 2.01. The molecule has 14 heavy (non-hydrogen) atoms. The minimum Gasteiger partial charge on any atom is -0.393 e. The first kappa shape index (κ1) is 11.1. The fourth-order valence-electron chi connectivity index (χ4n) is 1.33. The van der Waals surface area contributed by atoms with Gasteiger partial charge in [-0.3, -0.25) is 4.68 Å². The van der Waals surface area contributed by atoms with Crippen LogP contribution in [0.25, 0.3) is 0 Å². The third-order valence-electron chi connectivity index (χ3n) is 2.01. The minimum atomic E-state index is 0.594. The van der Waals surface area contributed by atoms with Crippen molar-refractivity contribution >= 4 is 17.2 Å². The number of hydrogen-bond acceptors (Lipinski definition) is 3. The van der Waals surface area contributed by atoms with Gasteiger partial charge in [0, 0.05) is 6.54 Å². The van der Waals surface area contributed by atoms with Crippen LogP contribution in [0.3, 0.4) is 0 Å². The summed E-state index contributed by atoms with van der Waals surface area (Å²) in [6, 6.07) is 0. The van der Waals surface area contributed by atoms with E-state index in [4.69, 9.17) is 18.0 Å². The van der Waals surface area contributed by atoms with E-state index in [1.54, 1.807) is 0 Å². The van der Waals surface area contributed by atoms with Crippen LogP contribution >= 0.6 is 12.2 Å². The Labute approximate surface area is 89.5 Å². The van der Waals surface area contributed by atoms with Crippen molar-refractivity contribution in [2.24, 2.45) is 5.73 Å². The van der Waals surface area contributed by atoms with Crippen LogP contribution in [-0.4, -0.2) is 19.8 Å². The number of hydrogen-bond donors (Lipinski definition) is 1. The number of aromatic nitrogens is 3. The number of unbranched alkanes of at least 4 members (excludes halogenated alkanes) is 1. The molecule has 78 valence electrons. The quantitative estimate of drug-likeness (QED) is 0.591. The number of nitrogens with zero attached hydrogens (tertiary/aromatic N) is 3. The van der Waals surface area contributed by atoms with Crippen LogP contribution in [0.4, 0.5) is 0 Å². The predicted molar refractivity (Wildman–Crippen MR) is 60.1 cm³/mol. The van der Waals surface area contributed by atoms with Crippen LogP contribution in [0.1, 0.15) is 30.9 Å². The fraction of sp³-hybridized carbons (Fsp3) is 0.667. The lowest BCUT2D eigenvalue weighted by molar-refractivity contribution is 0.547. The standard InChI is InChI=1S/C9H16N4S/c1-7-11-8(2)13(12-7)6-4-3-5-9(10)14/h3-6H2,1-2H3,(H2,10,14). The largest absolute Gasteiger partial charge is 0.393 e. The van der Waals surface area contributed by atoms with Crippen molar-refractivity contribution in [3.8, 4) is 0 Å². The van der Waals surface area contributed by atoms with Crippen molar-refractivity contribution < 1.29 is 0 Å². The van der Waals surface area contributed by atoms with Crippen molar-refractivity contribution in [2.75, 3.05) is 0 Å². The molecule has 0 spiro atoms. The molecule has 1 aromatic heterocycles. The summed E-state index contributed by atoms with van der Waals surface area (Å²) >= 11 is 4.80. The third-order valence-corrected chi connectivity index (χ3v) is 2.21. The minimum absolute atomic E-state index is 0.594. The Bertz CT molecular complexity index is 319. The van der Waals surface area contributed by atoms with Crippen LogP contribution in [0.5, 0.6) is 0 Å². The summed E-state index contributed by atoms with van der Waals surface area (Å²) in [5.74, 6) is 1.80. The fourth-order valence-corrected chi connectivity index (χ4v) is 1.48. The Kier molecular flexibility index (Phi) is 4.00. The summed E-state index contributed by atoms with van der Waals surface area (Å²) in [5, 5.41) is 4.27. The highest BCUT2D eigenvalue weighted by Crippen LogP contribution is 2.01. The Morgan fingerprint density at radius 1 is 1.43 bits per heavy atom. The van der Waals surface area contributed by atoms with Gasteiger partial charge in [0.2, 0.25) is 0 Å². The maximum atomic E-state index is 5.40. The van der Waals surface area contributed by atoms with Crippen LogP contribution in [0.15, 0.2) is 0 Å². The maximum absolute atomic E-state index is 5.40. The molecule has 1 aromatic rings. The smallest absolute Gasteiger partial charge is 0.147 e. The Morgan fingerprint density at radius 3 is 2.64 bits per heavy atom. The molecule has 0 amide bonds. The van der Waals surface area contributed by atoms with E-state index in [0.29, 0.717) is 4.99 Å². The molecule has 4 nitrogen and oxygen atoms in total. The Balaban J connectivity index is 2.31. The first-order valence-electron chi connectivity index (χ1n) is 4.76. The summed E-state index contributed by atoms with van der Waals surface area (Å²) in [6.07, 6.45) is 2.89. The molecule has 0 fully saturated rings. The topological polar surface area (TPSA) is 56.7 Å². The molecule has 0 atom stereocenters. The van der Waals surface area contributed by atoms with E-state index in [1.807, 2.05) is 18.5 Å². The molecule has 0 saturated heterocycles. The summed E-state index contributed by atoms with van der Waals surface area (Å²) < 4.78 is 1.93. The van der Waals surface area contributed by atoms with Crippen molar-refractivity contribution in [3.63, 3.8) is 0 Å². The van der Waals surface area contributed by atoms with Crippen molar-refractivity contribution in [2.45, 2.75) is 39.7 Å². The SMILES string of the molecule is Cc1nc(C)n(CCCCC(N)=S)n1. The van der Waals surface area contributed by atoms with E-state index < -0.39 is 0 Å². The van der Waals surface area contributed by atoms with E-state index in [1.165, 1.54) is 0 Å². The number of aryl methyl sites for hydroxylation is 3. The average Bonchev–Trinajstić information content (AvgIpc) is 2.39. The number of rotatable bonds is 5.